The molecule has 2 rings (SSSR count). The van der Waals surface area contributed by atoms with Crippen LogP contribution < -0.4 is 10.1 Å². The standard InChI is InChI=1S/C17H14I2N2O4/c18-11-7-13(16(14(19)8-11)25-6-5-22)15(17(23)24)21-12-3-1-10(9-20)2-4-12/h1-4,7-8,15,21-22H,5-6H2,(H,23,24). The van der Waals surface area contributed by atoms with Crippen LogP contribution in [0.4, 0.5) is 5.69 Å². The summed E-state index contributed by atoms with van der Waals surface area (Å²) in [5.74, 6) is -0.625. The molecule has 0 aliphatic carbocycles. The number of carboxylic acid groups (broad SMARTS) is 1. The number of benzene rings is 2. The van der Waals surface area contributed by atoms with Gasteiger partial charge < -0.3 is 20.3 Å². The fourth-order valence-corrected chi connectivity index (χ4v) is 4.22. The molecule has 0 bridgehead atoms. The highest BCUT2D eigenvalue weighted by molar-refractivity contribution is 14.1. The molecule has 6 nitrogen and oxygen atoms in total. The van der Waals surface area contributed by atoms with Crippen molar-refractivity contribution in [2.45, 2.75) is 6.04 Å². The Labute approximate surface area is 172 Å². The Morgan fingerprint density at radius 3 is 2.52 bits per heavy atom. The van der Waals surface area contributed by atoms with Crippen LogP contribution in [0.15, 0.2) is 36.4 Å². The first-order valence-corrected chi connectivity index (χ1v) is 9.34. The lowest BCUT2D eigenvalue weighted by molar-refractivity contribution is -0.138. The summed E-state index contributed by atoms with van der Waals surface area (Å²) in [7, 11) is 0. The number of hydrogen-bond acceptors (Lipinski definition) is 5. The number of aliphatic carboxylic acids is 1. The third kappa shape index (κ3) is 5.20. The molecule has 0 amide bonds. The lowest BCUT2D eigenvalue weighted by Crippen LogP contribution is -2.22. The molecular weight excluding hydrogens is 550 g/mol. The van der Waals surface area contributed by atoms with Gasteiger partial charge in [0, 0.05) is 14.8 Å². The van der Waals surface area contributed by atoms with Crippen molar-refractivity contribution in [3.63, 3.8) is 0 Å². The number of anilines is 1. The molecule has 8 heteroatoms. The number of aliphatic hydroxyl groups excluding tert-OH is 1. The Balaban J connectivity index is 2.42. The van der Waals surface area contributed by atoms with Crippen LogP contribution in [0.2, 0.25) is 0 Å². The van der Waals surface area contributed by atoms with Crippen LogP contribution in [0.1, 0.15) is 17.2 Å². The van der Waals surface area contributed by atoms with Crippen LogP contribution in [-0.4, -0.2) is 29.4 Å². The van der Waals surface area contributed by atoms with Gasteiger partial charge in [0.05, 0.1) is 21.8 Å². The second-order valence-corrected chi connectivity index (χ2v) is 7.39. The highest BCUT2D eigenvalue weighted by Crippen LogP contribution is 2.34. The zero-order valence-corrected chi connectivity index (χ0v) is 17.2. The van der Waals surface area contributed by atoms with Crippen molar-refractivity contribution in [2.75, 3.05) is 18.5 Å². The molecule has 0 saturated heterocycles. The molecular formula is C17H14I2N2O4. The van der Waals surface area contributed by atoms with Gasteiger partial charge in [-0.1, -0.05) is 0 Å². The third-order valence-electron chi connectivity index (χ3n) is 3.26. The van der Waals surface area contributed by atoms with Crippen LogP contribution >= 0.6 is 45.2 Å². The second kappa shape index (κ2) is 9.21. The minimum atomic E-state index is -1.06. The van der Waals surface area contributed by atoms with Crippen molar-refractivity contribution in [2.24, 2.45) is 0 Å². The Morgan fingerprint density at radius 2 is 1.96 bits per heavy atom. The molecule has 0 radical (unpaired) electrons. The van der Waals surface area contributed by atoms with Gasteiger partial charge >= 0.3 is 5.97 Å². The zero-order valence-electron chi connectivity index (χ0n) is 12.9. The molecule has 2 aromatic carbocycles. The first-order valence-electron chi connectivity index (χ1n) is 7.18. The number of nitriles is 1. The van der Waals surface area contributed by atoms with E-state index in [2.05, 4.69) is 50.5 Å². The number of carboxylic acids is 1. The van der Waals surface area contributed by atoms with E-state index in [9.17, 15) is 9.90 Å². The van der Waals surface area contributed by atoms with Gasteiger partial charge in [-0.15, -0.1) is 0 Å². The van der Waals surface area contributed by atoms with E-state index < -0.39 is 12.0 Å². The van der Waals surface area contributed by atoms with Crippen LogP contribution in [0.3, 0.4) is 0 Å². The van der Waals surface area contributed by atoms with Crippen molar-refractivity contribution >= 4 is 56.8 Å². The van der Waals surface area contributed by atoms with E-state index in [1.165, 1.54) is 0 Å². The SMILES string of the molecule is N#Cc1ccc(NC(C(=O)O)c2cc(I)cc(I)c2OCCO)cc1. The molecule has 0 fully saturated rings. The van der Waals surface area contributed by atoms with E-state index in [1.807, 2.05) is 12.1 Å². The number of rotatable bonds is 7. The smallest absolute Gasteiger partial charge is 0.330 e. The maximum Gasteiger partial charge on any atom is 0.330 e. The van der Waals surface area contributed by atoms with Gasteiger partial charge in [-0.05, 0) is 81.6 Å². The highest BCUT2D eigenvalue weighted by atomic mass is 127. The van der Waals surface area contributed by atoms with Crippen LogP contribution in [0.25, 0.3) is 0 Å². The second-order valence-electron chi connectivity index (χ2n) is 4.98. The molecule has 0 aliphatic rings. The monoisotopic (exact) mass is 564 g/mol. The average Bonchev–Trinajstić information content (AvgIpc) is 2.58. The zero-order chi connectivity index (χ0) is 18.4. The predicted octanol–water partition coefficient (Wildman–Crippen LogP) is 3.38. The summed E-state index contributed by atoms with van der Waals surface area (Å²) < 4.78 is 7.21. The molecule has 0 heterocycles. The van der Waals surface area contributed by atoms with Gasteiger partial charge in [-0.2, -0.15) is 5.26 Å². The number of aliphatic hydroxyl groups is 1. The quantitative estimate of drug-likeness (QED) is 0.446. The fourth-order valence-electron chi connectivity index (χ4n) is 2.17. The number of nitrogens with one attached hydrogen (secondary N) is 1. The summed E-state index contributed by atoms with van der Waals surface area (Å²) in [6.07, 6.45) is 0. The summed E-state index contributed by atoms with van der Waals surface area (Å²) in [6.45, 7) is -0.0882. The lowest BCUT2D eigenvalue weighted by Gasteiger charge is -2.21. The van der Waals surface area contributed by atoms with Gasteiger partial charge in [-0.3, -0.25) is 0 Å². The molecule has 3 N–H and O–H groups in total. The third-order valence-corrected chi connectivity index (χ3v) is 4.68. The molecule has 0 spiro atoms. The Morgan fingerprint density at radius 1 is 1.28 bits per heavy atom. The summed E-state index contributed by atoms with van der Waals surface area (Å²) >= 11 is 4.20. The Kier molecular flexibility index (Phi) is 7.27. The first-order chi connectivity index (χ1) is 12.0. The number of carbonyl (C=O) groups is 1. The topological polar surface area (TPSA) is 103 Å². The van der Waals surface area contributed by atoms with Gasteiger partial charge in [0.15, 0.2) is 6.04 Å². The molecule has 0 aromatic heterocycles. The molecule has 130 valence electrons. The highest BCUT2D eigenvalue weighted by Gasteiger charge is 2.25. The largest absolute Gasteiger partial charge is 0.490 e. The summed E-state index contributed by atoms with van der Waals surface area (Å²) in [5.41, 5.74) is 1.54. The summed E-state index contributed by atoms with van der Waals surface area (Å²) in [5, 5.41) is 30.5. The molecule has 0 aliphatic heterocycles. The predicted molar refractivity (Wildman–Crippen MR) is 110 cm³/mol. The van der Waals surface area contributed by atoms with Crippen molar-refractivity contribution in [1.29, 1.82) is 5.26 Å². The molecule has 25 heavy (non-hydrogen) atoms. The van der Waals surface area contributed by atoms with Crippen LogP contribution in [0, 0.1) is 18.5 Å². The molecule has 2 aromatic rings. The molecule has 1 atom stereocenters. The van der Waals surface area contributed by atoms with E-state index in [0.29, 0.717) is 22.6 Å². The summed E-state index contributed by atoms with van der Waals surface area (Å²) in [6, 6.07) is 11.1. The molecule has 1 unspecified atom stereocenters. The van der Waals surface area contributed by atoms with Gasteiger partial charge in [-0.25, -0.2) is 4.79 Å². The van der Waals surface area contributed by atoms with E-state index in [1.54, 1.807) is 30.3 Å². The van der Waals surface area contributed by atoms with Gasteiger partial charge in [0.25, 0.3) is 0 Å². The van der Waals surface area contributed by atoms with E-state index in [-0.39, 0.29) is 13.2 Å². The lowest BCUT2D eigenvalue weighted by atomic mass is 10.0. The number of nitrogens with zero attached hydrogens (tertiary/aromatic N) is 1. The maximum atomic E-state index is 11.9. The van der Waals surface area contributed by atoms with Crippen LogP contribution in [0.5, 0.6) is 5.75 Å². The van der Waals surface area contributed by atoms with Crippen molar-refractivity contribution < 1.29 is 19.7 Å². The Hall–Kier alpha value is -1.58. The van der Waals surface area contributed by atoms with E-state index >= 15 is 0 Å². The Bertz CT molecular complexity index is 804. The minimum absolute atomic E-state index is 0.0762. The van der Waals surface area contributed by atoms with Crippen molar-refractivity contribution in [3.8, 4) is 11.8 Å². The van der Waals surface area contributed by atoms with Gasteiger partial charge in [0.1, 0.15) is 12.4 Å². The first kappa shape index (κ1) is 19.7. The van der Waals surface area contributed by atoms with Gasteiger partial charge in [0.2, 0.25) is 0 Å². The number of ether oxygens (including phenoxy) is 1. The van der Waals surface area contributed by atoms with E-state index in [4.69, 9.17) is 15.1 Å². The van der Waals surface area contributed by atoms with E-state index in [0.717, 1.165) is 7.14 Å². The van der Waals surface area contributed by atoms with Crippen LogP contribution in [-0.2, 0) is 4.79 Å². The van der Waals surface area contributed by atoms with Crippen molar-refractivity contribution in [1.82, 2.24) is 0 Å². The number of halogens is 2. The van der Waals surface area contributed by atoms with Crippen molar-refractivity contribution in [3.05, 3.63) is 54.7 Å². The average molecular weight is 564 g/mol. The normalized spacial score (nSPS) is 11.4. The summed E-state index contributed by atoms with van der Waals surface area (Å²) in [4.78, 5) is 11.9. The number of hydrogen-bond donors (Lipinski definition) is 3. The maximum absolute atomic E-state index is 11.9. The fraction of sp³-hybridized carbons (Fsp3) is 0.176. The molecule has 0 saturated carbocycles. The minimum Gasteiger partial charge on any atom is -0.490 e.